The van der Waals surface area contributed by atoms with Crippen LogP contribution in [0.25, 0.3) is 0 Å². The lowest BCUT2D eigenvalue weighted by molar-refractivity contribution is 0.172. The molecule has 0 amide bonds. The van der Waals surface area contributed by atoms with Crippen LogP contribution >= 0.6 is 12.4 Å². The van der Waals surface area contributed by atoms with E-state index in [9.17, 15) is 0 Å². The molecule has 1 aromatic heterocycles. The molecule has 2 aliphatic heterocycles. The summed E-state index contributed by atoms with van der Waals surface area (Å²) in [4.78, 5) is 16.2. The molecule has 2 aromatic rings. The SMILES string of the molecule is Cc1cnc(CN2CCC(C)C34C=CN=C3C(Oc3ccccc3)=CC=C24)cn1.Cl. The lowest BCUT2D eigenvalue weighted by Crippen LogP contribution is -2.50. The summed E-state index contributed by atoms with van der Waals surface area (Å²) in [6, 6.07) is 9.91. The molecule has 1 fully saturated rings. The second kappa shape index (κ2) is 8.07. The smallest absolute Gasteiger partial charge is 0.150 e. The fourth-order valence-electron chi connectivity index (χ4n) is 4.53. The molecular weight excluding hydrogens is 396 g/mol. The topological polar surface area (TPSA) is 50.6 Å². The first-order valence-corrected chi connectivity index (χ1v) is 10.1. The van der Waals surface area contributed by atoms with E-state index in [0.717, 1.165) is 48.1 Å². The van der Waals surface area contributed by atoms with Gasteiger partial charge in [0.1, 0.15) is 11.5 Å². The van der Waals surface area contributed by atoms with Crippen molar-refractivity contribution < 1.29 is 4.74 Å². The highest BCUT2D eigenvalue weighted by Crippen LogP contribution is 2.51. The van der Waals surface area contributed by atoms with Gasteiger partial charge in [-0.25, -0.2) is 0 Å². The standard InChI is InChI=1S/C24H24N4O.ClH/c1-17-10-13-28(16-19-15-26-18(2)14-27-19)22-9-8-21(23-24(17,22)11-12-25-23)29-20-6-4-3-5-7-20;/h3-9,11-12,14-15,17H,10,13,16H2,1-2H3;1H. The van der Waals surface area contributed by atoms with Crippen LogP contribution in [0, 0.1) is 18.3 Å². The molecule has 2 unspecified atom stereocenters. The van der Waals surface area contributed by atoms with Crippen molar-refractivity contribution in [1.29, 1.82) is 0 Å². The van der Waals surface area contributed by atoms with Gasteiger partial charge in [-0.2, -0.15) is 0 Å². The normalized spacial score (nSPS) is 24.1. The number of aliphatic imine (C=N–C) groups is 1. The highest BCUT2D eigenvalue weighted by molar-refractivity contribution is 6.09. The number of halogens is 1. The zero-order valence-electron chi connectivity index (χ0n) is 17.2. The van der Waals surface area contributed by atoms with E-state index < -0.39 is 0 Å². The number of para-hydroxylation sites is 1. The van der Waals surface area contributed by atoms with Crippen molar-refractivity contribution in [3.05, 3.63) is 90.0 Å². The summed E-state index contributed by atoms with van der Waals surface area (Å²) in [6.07, 6.45) is 13.2. The molecule has 6 heteroatoms. The third-order valence-corrected chi connectivity index (χ3v) is 6.09. The van der Waals surface area contributed by atoms with Gasteiger partial charge in [0.15, 0.2) is 0 Å². The van der Waals surface area contributed by atoms with Gasteiger partial charge in [0.05, 0.1) is 35.3 Å². The summed E-state index contributed by atoms with van der Waals surface area (Å²) in [6.45, 7) is 6.02. The number of aryl methyl sites for hydroxylation is 1. The van der Waals surface area contributed by atoms with Crippen LogP contribution in [0.5, 0.6) is 5.75 Å². The van der Waals surface area contributed by atoms with Crippen LogP contribution in [0.1, 0.15) is 24.7 Å². The molecule has 0 radical (unpaired) electrons. The Labute approximate surface area is 183 Å². The van der Waals surface area contributed by atoms with Gasteiger partial charge in [-0.1, -0.05) is 25.1 Å². The van der Waals surface area contributed by atoms with E-state index >= 15 is 0 Å². The van der Waals surface area contributed by atoms with Crippen molar-refractivity contribution >= 4 is 18.1 Å². The van der Waals surface area contributed by atoms with Crippen molar-refractivity contribution in [3.8, 4) is 5.75 Å². The van der Waals surface area contributed by atoms with Gasteiger partial charge in [0.2, 0.25) is 0 Å². The maximum Gasteiger partial charge on any atom is 0.150 e. The average molecular weight is 421 g/mol. The summed E-state index contributed by atoms with van der Waals surface area (Å²) >= 11 is 0. The first-order valence-electron chi connectivity index (χ1n) is 10.1. The third kappa shape index (κ3) is 3.33. The van der Waals surface area contributed by atoms with Crippen LogP contribution in [-0.2, 0) is 6.54 Å². The zero-order valence-corrected chi connectivity index (χ0v) is 18.0. The third-order valence-electron chi connectivity index (χ3n) is 6.09. The summed E-state index contributed by atoms with van der Waals surface area (Å²) in [5, 5.41) is 0. The molecule has 1 aliphatic carbocycles. The van der Waals surface area contributed by atoms with Gasteiger partial charge in [-0.15, -0.1) is 12.4 Å². The van der Waals surface area contributed by atoms with Crippen LogP contribution in [0.4, 0.5) is 0 Å². The molecule has 0 N–H and O–H groups in total. The van der Waals surface area contributed by atoms with Gasteiger partial charge in [0, 0.05) is 24.6 Å². The van der Waals surface area contributed by atoms with Crippen LogP contribution in [-0.4, -0.2) is 27.1 Å². The number of aromatic nitrogens is 2. The Hall–Kier alpha value is -2.92. The maximum absolute atomic E-state index is 6.23. The van der Waals surface area contributed by atoms with Crippen molar-refractivity contribution in [3.63, 3.8) is 0 Å². The monoisotopic (exact) mass is 420 g/mol. The van der Waals surface area contributed by atoms with Crippen molar-refractivity contribution in [2.75, 3.05) is 6.54 Å². The molecule has 1 spiro atoms. The number of hydrogen-bond donors (Lipinski definition) is 0. The molecule has 3 aliphatic rings. The number of allylic oxidation sites excluding steroid dienone is 4. The number of hydrogen-bond acceptors (Lipinski definition) is 5. The summed E-state index contributed by atoms with van der Waals surface area (Å²) in [7, 11) is 0. The van der Waals surface area contributed by atoms with E-state index in [-0.39, 0.29) is 17.8 Å². The first-order chi connectivity index (χ1) is 14.2. The number of piperidine rings is 1. The Kier molecular flexibility index (Phi) is 5.48. The van der Waals surface area contributed by atoms with Crippen molar-refractivity contribution in [1.82, 2.24) is 14.9 Å². The number of rotatable bonds is 4. The van der Waals surface area contributed by atoms with Crippen LogP contribution in [0.15, 0.2) is 83.6 Å². The Morgan fingerprint density at radius 1 is 1.13 bits per heavy atom. The lowest BCUT2D eigenvalue weighted by Gasteiger charge is -2.49. The molecule has 5 nitrogen and oxygen atoms in total. The largest absolute Gasteiger partial charge is 0.455 e. The second-order valence-corrected chi connectivity index (χ2v) is 7.92. The first kappa shape index (κ1) is 20.4. The van der Waals surface area contributed by atoms with Gasteiger partial charge in [0.25, 0.3) is 0 Å². The molecule has 1 aromatic carbocycles. The fourth-order valence-corrected chi connectivity index (χ4v) is 4.53. The highest BCUT2D eigenvalue weighted by Gasteiger charge is 2.51. The number of ether oxygens (including phenoxy) is 1. The molecule has 3 heterocycles. The summed E-state index contributed by atoms with van der Waals surface area (Å²) in [5.74, 6) is 2.10. The second-order valence-electron chi connectivity index (χ2n) is 7.92. The Morgan fingerprint density at radius 2 is 1.97 bits per heavy atom. The average Bonchev–Trinajstić information content (AvgIpc) is 3.19. The number of nitrogens with zero attached hydrogens (tertiary/aromatic N) is 4. The van der Waals surface area contributed by atoms with Gasteiger partial charge in [-0.3, -0.25) is 15.0 Å². The number of likely N-dealkylation sites (tertiary alicyclic amines) is 1. The Morgan fingerprint density at radius 3 is 2.73 bits per heavy atom. The van der Waals surface area contributed by atoms with E-state index in [4.69, 9.17) is 9.73 Å². The fraction of sp³-hybridized carbons (Fsp3) is 0.292. The van der Waals surface area contributed by atoms with E-state index in [2.05, 4.69) is 40.0 Å². The lowest BCUT2D eigenvalue weighted by atomic mass is 9.64. The van der Waals surface area contributed by atoms with Crippen LogP contribution in [0.2, 0.25) is 0 Å². The quantitative estimate of drug-likeness (QED) is 0.708. The highest BCUT2D eigenvalue weighted by atomic mass is 35.5. The minimum Gasteiger partial charge on any atom is -0.455 e. The molecule has 0 bridgehead atoms. The van der Waals surface area contributed by atoms with E-state index in [1.807, 2.05) is 55.8 Å². The zero-order chi connectivity index (χ0) is 19.8. The maximum atomic E-state index is 6.23. The van der Waals surface area contributed by atoms with Gasteiger partial charge < -0.3 is 9.64 Å². The molecule has 154 valence electrons. The van der Waals surface area contributed by atoms with E-state index in [1.165, 1.54) is 5.70 Å². The predicted molar refractivity (Wildman–Crippen MR) is 120 cm³/mol. The molecular formula is C24H25ClN4O. The van der Waals surface area contributed by atoms with Crippen molar-refractivity contribution in [2.24, 2.45) is 16.3 Å². The Bertz CT molecular complexity index is 1040. The Balaban J connectivity index is 0.00000218. The molecule has 2 atom stereocenters. The number of benzene rings is 1. The minimum atomic E-state index is -0.241. The van der Waals surface area contributed by atoms with Crippen LogP contribution in [0.3, 0.4) is 0 Å². The van der Waals surface area contributed by atoms with Crippen molar-refractivity contribution in [2.45, 2.75) is 26.8 Å². The predicted octanol–water partition coefficient (Wildman–Crippen LogP) is 4.86. The van der Waals surface area contributed by atoms with Gasteiger partial charge in [-0.05, 0) is 49.6 Å². The van der Waals surface area contributed by atoms with E-state index in [1.54, 1.807) is 0 Å². The minimum absolute atomic E-state index is 0. The molecule has 0 saturated carbocycles. The van der Waals surface area contributed by atoms with Gasteiger partial charge >= 0.3 is 0 Å². The van der Waals surface area contributed by atoms with E-state index in [0.29, 0.717) is 5.92 Å². The summed E-state index contributed by atoms with van der Waals surface area (Å²) in [5.41, 5.74) is 3.96. The molecule has 5 rings (SSSR count). The van der Waals surface area contributed by atoms with Crippen LogP contribution < -0.4 is 4.74 Å². The molecule has 30 heavy (non-hydrogen) atoms. The summed E-state index contributed by atoms with van der Waals surface area (Å²) < 4.78 is 6.23. The molecule has 1 saturated heterocycles.